The van der Waals surface area contributed by atoms with Crippen molar-refractivity contribution in [2.24, 2.45) is 0 Å². The molecule has 0 bridgehead atoms. The van der Waals surface area contributed by atoms with E-state index in [4.69, 9.17) is 0 Å². The Labute approximate surface area is 142 Å². The van der Waals surface area contributed by atoms with Crippen LogP contribution < -0.4 is 5.32 Å². The van der Waals surface area contributed by atoms with Crippen molar-refractivity contribution in [3.05, 3.63) is 58.3 Å². The first-order valence-electron chi connectivity index (χ1n) is 6.83. The van der Waals surface area contributed by atoms with E-state index in [0.717, 1.165) is 0 Å². The Morgan fingerprint density at radius 1 is 1.17 bits per heavy atom. The maximum Gasteiger partial charge on any atom is 0.257 e. The Balaban J connectivity index is 2.41. The molecule has 0 aromatic heterocycles. The van der Waals surface area contributed by atoms with Gasteiger partial charge in [0.2, 0.25) is 0 Å². The molecule has 0 aliphatic carbocycles. The van der Waals surface area contributed by atoms with E-state index in [1.807, 2.05) is 0 Å². The van der Waals surface area contributed by atoms with Crippen LogP contribution in [-0.2, 0) is 9.84 Å². The molecule has 0 aliphatic rings. The van der Waals surface area contributed by atoms with E-state index in [2.05, 4.69) is 21.2 Å². The Kier molecular flexibility index (Phi) is 5.21. The molecule has 0 unspecified atom stereocenters. The van der Waals surface area contributed by atoms with Crippen LogP contribution >= 0.6 is 15.9 Å². The number of carbonyl (C=O) groups excluding carboxylic acids is 1. The molecule has 23 heavy (non-hydrogen) atoms. The molecular weight excluding hydrogens is 385 g/mol. The SMILES string of the molecule is CC(C)S(=O)(=O)c1ccccc1C(=O)Nc1ccc(F)cc1Br. The molecule has 0 atom stereocenters. The second-order valence-corrected chi connectivity index (χ2v) is 8.50. The lowest BCUT2D eigenvalue weighted by molar-refractivity contribution is 0.102. The van der Waals surface area contributed by atoms with Gasteiger partial charge in [-0.15, -0.1) is 0 Å². The highest BCUT2D eigenvalue weighted by Gasteiger charge is 2.25. The van der Waals surface area contributed by atoms with E-state index in [9.17, 15) is 17.6 Å². The van der Waals surface area contributed by atoms with Crippen molar-refractivity contribution in [3.63, 3.8) is 0 Å². The summed E-state index contributed by atoms with van der Waals surface area (Å²) in [5.74, 6) is -1.02. The van der Waals surface area contributed by atoms with Crippen molar-refractivity contribution < 1.29 is 17.6 Å². The first-order chi connectivity index (χ1) is 10.7. The third kappa shape index (κ3) is 3.79. The third-order valence-electron chi connectivity index (χ3n) is 3.24. The first kappa shape index (κ1) is 17.6. The molecule has 0 fully saturated rings. The van der Waals surface area contributed by atoms with E-state index in [1.54, 1.807) is 26.0 Å². The number of anilines is 1. The normalized spacial score (nSPS) is 11.5. The summed E-state index contributed by atoms with van der Waals surface area (Å²) in [6.45, 7) is 3.11. The van der Waals surface area contributed by atoms with Crippen LogP contribution in [0.25, 0.3) is 0 Å². The minimum Gasteiger partial charge on any atom is -0.321 e. The quantitative estimate of drug-likeness (QED) is 0.843. The largest absolute Gasteiger partial charge is 0.321 e. The second kappa shape index (κ2) is 6.80. The van der Waals surface area contributed by atoms with Crippen LogP contribution in [0.3, 0.4) is 0 Å². The molecular formula is C16H15BrFNO3S. The Morgan fingerprint density at radius 2 is 1.83 bits per heavy atom. The number of benzene rings is 2. The molecule has 0 heterocycles. The monoisotopic (exact) mass is 399 g/mol. The Morgan fingerprint density at radius 3 is 2.43 bits per heavy atom. The number of hydrogen-bond donors (Lipinski definition) is 1. The zero-order valence-electron chi connectivity index (χ0n) is 12.5. The maximum atomic E-state index is 13.1. The van der Waals surface area contributed by atoms with Crippen LogP contribution in [0.15, 0.2) is 51.8 Å². The average Bonchev–Trinajstić information content (AvgIpc) is 2.49. The number of carbonyl (C=O) groups is 1. The topological polar surface area (TPSA) is 63.2 Å². The van der Waals surface area contributed by atoms with Gasteiger partial charge in [0.1, 0.15) is 5.82 Å². The summed E-state index contributed by atoms with van der Waals surface area (Å²) in [6, 6.07) is 9.83. The molecule has 0 aliphatic heterocycles. The average molecular weight is 400 g/mol. The summed E-state index contributed by atoms with van der Waals surface area (Å²) in [6.07, 6.45) is 0. The zero-order chi connectivity index (χ0) is 17.2. The van der Waals surface area contributed by atoms with Crippen LogP contribution in [0.5, 0.6) is 0 Å². The summed E-state index contributed by atoms with van der Waals surface area (Å²) in [5.41, 5.74) is 0.408. The summed E-state index contributed by atoms with van der Waals surface area (Å²) < 4.78 is 38.2. The van der Waals surface area contributed by atoms with Crippen molar-refractivity contribution in [2.45, 2.75) is 24.0 Å². The van der Waals surface area contributed by atoms with Crippen molar-refractivity contribution in [1.29, 1.82) is 0 Å². The Bertz CT molecular complexity index is 850. The molecule has 0 saturated carbocycles. The van der Waals surface area contributed by atoms with Gasteiger partial charge >= 0.3 is 0 Å². The predicted molar refractivity (Wildman–Crippen MR) is 90.8 cm³/mol. The van der Waals surface area contributed by atoms with Gasteiger partial charge in [0.05, 0.1) is 21.4 Å². The molecule has 0 saturated heterocycles. The standard InChI is InChI=1S/C16H15BrFNO3S/c1-10(2)23(21,22)15-6-4-3-5-12(15)16(20)19-14-8-7-11(18)9-13(14)17/h3-10H,1-2H3,(H,19,20). The van der Waals surface area contributed by atoms with E-state index < -0.39 is 26.8 Å². The zero-order valence-corrected chi connectivity index (χ0v) is 14.9. The summed E-state index contributed by atoms with van der Waals surface area (Å²) >= 11 is 3.16. The number of amides is 1. The predicted octanol–water partition coefficient (Wildman–Crippen LogP) is 4.02. The minimum absolute atomic E-state index is 0.0225. The molecule has 4 nitrogen and oxygen atoms in total. The highest BCUT2D eigenvalue weighted by Crippen LogP contribution is 2.26. The highest BCUT2D eigenvalue weighted by molar-refractivity contribution is 9.10. The van der Waals surface area contributed by atoms with E-state index in [1.165, 1.54) is 30.3 Å². The van der Waals surface area contributed by atoms with Crippen molar-refractivity contribution in [2.75, 3.05) is 5.32 Å². The lowest BCUT2D eigenvalue weighted by atomic mass is 10.2. The number of halogens is 2. The van der Waals surface area contributed by atoms with Gasteiger partial charge in [-0.25, -0.2) is 12.8 Å². The lowest BCUT2D eigenvalue weighted by Crippen LogP contribution is -2.21. The fraction of sp³-hybridized carbons (Fsp3) is 0.188. The van der Waals surface area contributed by atoms with E-state index in [0.29, 0.717) is 10.2 Å². The van der Waals surface area contributed by atoms with Crippen molar-refractivity contribution >= 4 is 37.4 Å². The fourth-order valence-corrected chi connectivity index (χ4v) is 3.63. The lowest BCUT2D eigenvalue weighted by Gasteiger charge is -2.13. The number of nitrogens with one attached hydrogen (secondary N) is 1. The molecule has 0 spiro atoms. The number of hydrogen-bond acceptors (Lipinski definition) is 3. The number of sulfone groups is 1. The first-order valence-corrected chi connectivity index (χ1v) is 9.16. The van der Waals surface area contributed by atoms with Crippen LogP contribution in [0.2, 0.25) is 0 Å². The van der Waals surface area contributed by atoms with Gasteiger partial charge in [0, 0.05) is 4.47 Å². The summed E-state index contributed by atoms with van der Waals surface area (Å²) in [4.78, 5) is 12.4. The van der Waals surface area contributed by atoms with Gasteiger partial charge in [0.25, 0.3) is 5.91 Å². The number of rotatable bonds is 4. The smallest absolute Gasteiger partial charge is 0.257 e. The highest BCUT2D eigenvalue weighted by atomic mass is 79.9. The molecule has 0 radical (unpaired) electrons. The fourth-order valence-electron chi connectivity index (χ4n) is 1.94. The van der Waals surface area contributed by atoms with Crippen molar-refractivity contribution in [1.82, 2.24) is 0 Å². The van der Waals surface area contributed by atoms with Crippen LogP contribution in [-0.4, -0.2) is 19.6 Å². The van der Waals surface area contributed by atoms with Crippen LogP contribution in [0.4, 0.5) is 10.1 Å². The van der Waals surface area contributed by atoms with Gasteiger partial charge in [-0.3, -0.25) is 4.79 Å². The van der Waals surface area contributed by atoms with Crippen LogP contribution in [0, 0.1) is 5.82 Å². The van der Waals surface area contributed by atoms with Gasteiger partial charge in [0.15, 0.2) is 9.84 Å². The molecule has 7 heteroatoms. The van der Waals surface area contributed by atoms with Gasteiger partial charge in [-0.2, -0.15) is 0 Å². The minimum atomic E-state index is -3.59. The van der Waals surface area contributed by atoms with E-state index in [-0.39, 0.29) is 10.5 Å². The molecule has 122 valence electrons. The van der Waals surface area contributed by atoms with Gasteiger partial charge < -0.3 is 5.32 Å². The van der Waals surface area contributed by atoms with Crippen molar-refractivity contribution in [3.8, 4) is 0 Å². The molecule has 2 aromatic carbocycles. The van der Waals surface area contributed by atoms with Gasteiger partial charge in [-0.1, -0.05) is 12.1 Å². The maximum absolute atomic E-state index is 13.1. The molecule has 2 rings (SSSR count). The molecule has 1 amide bonds. The summed E-state index contributed by atoms with van der Waals surface area (Å²) in [7, 11) is -3.59. The molecule has 1 N–H and O–H groups in total. The van der Waals surface area contributed by atoms with Gasteiger partial charge in [-0.05, 0) is 60.1 Å². The Hall–Kier alpha value is -1.73. The summed E-state index contributed by atoms with van der Waals surface area (Å²) in [5, 5.41) is 1.94. The van der Waals surface area contributed by atoms with E-state index >= 15 is 0 Å². The third-order valence-corrected chi connectivity index (χ3v) is 6.10. The molecule has 2 aromatic rings. The van der Waals surface area contributed by atoms with Crippen LogP contribution in [0.1, 0.15) is 24.2 Å². The second-order valence-electron chi connectivity index (χ2n) is 5.17.